The van der Waals surface area contributed by atoms with Crippen LogP contribution >= 0.6 is 0 Å². The van der Waals surface area contributed by atoms with Crippen LogP contribution in [0.15, 0.2) is 365 Å². The molecule has 9 aromatic heterocycles. The van der Waals surface area contributed by atoms with Gasteiger partial charge in [-0.05, 0) is 193 Å². The summed E-state index contributed by atoms with van der Waals surface area (Å²) < 4.78 is 7.28. The summed E-state index contributed by atoms with van der Waals surface area (Å²) in [6.07, 6.45) is 13.7. The molecule has 9 nitrogen and oxygen atoms in total. The summed E-state index contributed by atoms with van der Waals surface area (Å²) >= 11 is 0. The van der Waals surface area contributed by atoms with E-state index in [0.717, 1.165) is 100 Å². The molecule has 12 aromatic carbocycles. The SMILES string of the molecule is CCc1cc(-c2[c-]cccc2)ncc1-c1ccccc1.CCc1cc(-c2[c-]cccc2)ncc1-c1ccccc1.Cc1cc(-c2[c-]cccc2)ncc1-c1ccccc1.Cc1ccc(-c2[c-]cc3c(c2)c2ccccc2n3CC(C)C)nc1.Cc1ccc(-c2[c-]ccc3c4ccccc4n(CC(C)C)c23)nc1.Cc1ccc(-c2[c-]ccc3c4ccccc4n(CC(C)C)c23)nc1.[Ir].[Ir].[Ir]. The van der Waals surface area contributed by atoms with Gasteiger partial charge in [-0.2, -0.15) is 0 Å². The van der Waals surface area contributed by atoms with E-state index in [1.165, 1.54) is 132 Å². The Morgan fingerprint density at radius 1 is 0.261 bits per heavy atom. The molecule has 9 heterocycles. The molecular weight excluding hydrogens is 2170 g/mol. The van der Waals surface area contributed by atoms with Crippen LogP contribution in [-0.4, -0.2) is 43.6 Å². The number of nitrogens with zero attached hydrogens (tertiary/aromatic N) is 9. The van der Waals surface area contributed by atoms with Gasteiger partial charge >= 0.3 is 0 Å². The summed E-state index contributed by atoms with van der Waals surface area (Å²) in [6.45, 7) is 29.2. The Kier molecular flexibility index (Phi) is 34.5. The van der Waals surface area contributed by atoms with Gasteiger partial charge in [0, 0.05) is 150 Å². The maximum atomic E-state index is 4.64. The van der Waals surface area contributed by atoms with Crippen molar-refractivity contribution in [2.45, 2.75) is 116 Å². The van der Waals surface area contributed by atoms with Crippen molar-refractivity contribution in [3.05, 3.63) is 435 Å². The van der Waals surface area contributed by atoms with E-state index in [0.29, 0.717) is 17.8 Å². The molecule has 0 saturated carbocycles. The standard InChI is InChI=1S/3C22H21N2.2C19H16N.C18H14N.3Ir/c2*1-15(2)14-24-21-10-5-4-7-17(21)18-8-6-9-19(22(18)24)20-12-11-16(3)13-23-20;1-15(2)14-24-21-7-5-4-6-18(21)19-12-17(9-11-22(19)24)20-10-8-16(3)13-23-20;2*1-2-15-13-19(17-11-7-4-8-12-17)20-14-18(15)16-9-5-3-6-10-16;1-14-12-18(16-10-6-3-7-11-16)19-13-17(14)15-8-4-2-5-9-15;;;/h3*4-8,10-13,15H,14H2,1-3H3;2*3-11,13-14H,2H2,1H3;2-10,12-13H,1H3;;;/q6*-1;;;. The molecule has 0 spiro atoms. The summed E-state index contributed by atoms with van der Waals surface area (Å²) in [5.41, 5.74) is 34.5. The summed E-state index contributed by atoms with van der Waals surface area (Å²) in [5.74, 6) is 1.74. The Labute approximate surface area is 831 Å². The molecular formula is C122H109Ir3N9-6. The van der Waals surface area contributed by atoms with Gasteiger partial charge in [0.1, 0.15) is 0 Å². The maximum Gasteiger partial charge on any atom is 0.0391 e. The third-order valence-corrected chi connectivity index (χ3v) is 23.4. The molecule has 0 atom stereocenters. The van der Waals surface area contributed by atoms with Crippen LogP contribution in [0.1, 0.15) is 88.8 Å². The zero-order chi connectivity index (χ0) is 90.7. The third-order valence-electron chi connectivity index (χ3n) is 23.4. The second-order valence-corrected chi connectivity index (χ2v) is 34.6. The number of fused-ring (bicyclic) bond motifs is 9. The normalized spacial score (nSPS) is 10.9. The van der Waals surface area contributed by atoms with Crippen molar-refractivity contribution in [1.29, 1.82) is 0 Å². The van der Waals surface area contributed by atoms with Crippen LogP contribution in [-0.2, 0) is 92.8 Å². The van der Waals surface area contributed by atoms with E-state index in [9.17, 15) is 0 Å². The van der Waals surface area contributed by atoms with Gasteiger partial charge in [-0.3, -0.25) is 0 Å². The largest absolute Gasteiger partial charge is 0.380 e. The first-order valence-electron chi connectivity index (χ1n) is 45.6. The molecule has 0 aliphatic heterocycles. The predicted octanol–water partition coefficient (Wildman–Crippen LogP) is 30.9. The number of aromatic nitrogens is 9. The Balaban J connectivity index is 0.000000136. The van der Waals surface area contributed by atoms with Gasteiger partial charge < -0.3 is 43.6 Å². The Morgan fingerprint density at radius 3 is 0.963 bits per heavy atom. The molecule has 0 saturated heterocycles. The van der Waals surface area contributed by atoms with E-state index >= 15 is 0 Å². The van der Waals surface area contributed by atoms with E-state index < -0.39 is 0 Å². The third kappa shape index (κ3) is 23.4. The van der Waals surface area contributed by atoms with Gasteiger partial charge in [-0.1, -0.05) is 272 Å². The molecule has 3 radical (unpaired) electrons. The topological polar surface area (TPSA) is 92.1 Å². The number of rotatable bonds is 17. The molecule has 21 aromatic rings. The number of pyridine rings is 6. The molecule has 0 aliphatic carbocycles. The average molecular weight is 2280 g/mol. The minimum absolute atomic E-state index is 0. The monoisotopic (exact) mass is 2280 g/mol. The smallest absolute Gasteiger partial charge is 0.0391 e. The Morgan fingerprint density at radius 2 is 0.597 bits per heavy atom. The fourth-order valence-corrected chi connectivity index (χ4v) is 17.1. The van der Waals surface area contributed by atoms with Crippen LogP contribution in [0.25, 0.3) is 166 Å². The van der Waals surface area contributed by atoms with E-state index in [1.807, 2.05) is 152 Å². The number of hydrogen-bond acceptors (Lipinski definition) is 6. The van der Waals surface area contributed by atoms with Gasteiger partial charge in [-0.15, -0.1) is 179 Å². The molecule has 21 rings (SSSR count). The van der Waals surface area contributed by atoms with Gasteiger partial charge in [0.15, 0.2) is 0 Å². The van der Waals surface area contributed by atoms with Crippen molar-refractivity contribution in [2.24, 2.45) is 17.8 Å². The number of hydrogen-bond donors (Lipinski definition) is 0. The van der Waals surface area contributed by atoms with Crippen LogP contribution in [0.5, 0.6) is 0 Å². The molecule has 0 unspecified atom stereocenters. The second kappa shape index (κ2) is 47.0. The second-order valence-electron chi connectivity index (χ2n) is 34.6. The van der Waals surface area contributed by atoms with E-state index in [2.05, 4.69) is 375 Å². The van der Waals surface area contributed by atoms with Crippen molar-refractivity contribution in [1.82, 2.24) is 43.6 Å². The van der Waals surface area contributed by atoms with Gasteiger partial charge in [0.05, 0.1) is 0 Å². The van der Waals surface area contributed by atoms with Crippen molar-refractivity contribution in [3.8, 4) is 101 Å². The minimum atomic E-state index is 0. The quantitative estimate of drug-likeness (QED) is 0.0844. The van der Waals surface area contributed by atoms with Crippen molar-refractivity contribution in [2.75, 3.05) is 0 Å². The molecule has 0 aliphatic rings. The van der Waals surface area contributed by atoms with Gasteiger partial charge in [0.2, 0.25) is 0 Å². The Bertz CT molecular complexity index is 7050. The Hall–Kier alpha value is -13.1. The fourth-order valence-electron chi connectivity index (χ4n) is 17.1. The van der Waals surface area contributed by atoms with Crippen molar-refractivity contribution < 1.29 is 60.3 Å². The fraction of sp³-hybridized carbons (Fsp3) is 0.164. The predicted molar refractivity (Wildman–Crippen MR) is 549 cm³/mol. The minimum Gasteiger partial charge on any atom is -0.380 e. The van der Waals surface area contributed by atoms with Gasteiger partial charge in [0.25, 0.3) is 0 Å². The molecule has 0 N–H and O–H groups in total. The van der Waals surface area contributed by atoms with Crippen LogP contribution in [0.4, 0.5) is 0 Å². The van der Waals surface area contributed by atoms with Crippen LogP contribution in [0.2, 0.25) is 0 Å². The van der Waals surface area contributed by atoms with E-state index in [1.54, 1.807) is 0 Å². The summed E-state index contributed by atoms with van der Waals surface area (Å²) in [6, 6.07) is 133. The number of aryl methyl sites for hydroxylation is 6. The average Bonchev–Trinajstić information content (AvgIpc) is 1.60. The number of benzene rings is 12. The van der Waals surface area contributed by atoms with Crippen LogP contribution in [0.3, 0.4) is 0 Å². The van der Waals surface area contributed by atoms with E-state index in [-0.39, 0.29) is 60.3 Å². The maximum absolute atomic E-state index is 4.64. The zero-order valence-electron chi connectivity index (χ0n) is 77.9. The molecule has 0 bridgehead atoms. The van der Waals surface area contributed by atoms with Gasteiger partial charge in [-0.25, -0.2) is 0 Å². The first kappa shape index (κ1) is 98.4. The summed E-state index contributed by atoms with van der Waals surface area (Å²) in [7, 11) is 0. The summed E-state index contributed by atoms with van der Waals surface area (Å²) in [4.78, 5) is 27.6. The van der Waals surface area contributed by atoms with E-state index in [4.69, 9.17) is 0 Å². The van der Waals surface area contributed by atoms with Crippen LogP contribution in [0, 0.1) is 81.8 Å². The molecule has 0 amide bonds. The van der Waals surface area contributed by atoms with Crippen molar-refractivity contribution >= 4 is 65.4 Å². The molecule has 0 fully saturated rings. The molecule has 134 heavy (non-hydrogen) atoms. The number of para-hydroxylation sites is 3. The molecule has 675 valence electrons. The van der Waals surface area contributed by atoms with Crippen molar-refractivity contribution in [3.63, 3.8) is 0 Å². The molecule has 12 heteroatoms. The summed E-state index contributed by atoms with van der Waals surface area (Å²) in [5, 5.41) is 7.74. The first-order valence-corrected chi connectivity index (χ1v) is 45.6. The zero-order valence-corrected chi connectivity index (χ0v) is 85.1. The first-order chi connectivity index (χ1) is 64.0. The van der Waals surface area contributed by atoms with Crippen LogP contribution < -0.4 is 0 Å².